The van der Waals surface area contributed by atoms with E-state index in [4.69, 9.17) is 11.6 Å². The Morgan fingerprint density at radius 1 is 1.25 bits per heavy atom. The number of nitrogens with one attached hydrogen (secondary N) is 1. The van der Waals surface area contributed by atoms with Gasteiger partial charge in [0.2, 0.25) is 5.95 Å². The number of hydrogen-bond donors (Lipinski definition) is 1. The van der Waals surface area contributed by atoms with Gasteiger partial charge >= 0.3 is 0 Å². The fourth-order valence-electron chi connectivity index (χ4n) is 4.83. The Bertz CT molecular complexity index is 1150. The van der Waals surface area contributed by atoms with Crippen LogP contribution in [0.5, 0.6) is 0 Å². The number of halogens is 4. The lowest BCUT2D eigenvalue weighted by Gasteiger charge is -2.27. The van der Waals surface area contributed by atoms with Gasteiger partial charge in [0, 0.05) is 25.2 Å². The maximum atomic E-state index is 15.1. The summed E-state index contributed by atoms with van der Waals surface area (Å²) in [5, 5.41) is -0.460. The van der Waals surface area contributed by atoms with Gasteiger partial charge in [0.15, 0.2) is 10.7 Å². The zero-order valence-electron chi connectivity index (χ0n) is 17.7. The van der Waals surface area contributed by atoms with E-state index in [0.29, 0.717) is 19.1 Å². The molecule has 0 radical (unpaired) electrons. The van der Waals surface area contributed by atoms with E-state index in [9.17, 15) is 17.2 Å². The number of nitrogens with zero attached hydrogens (tertiary/aromatic N) is 3. The van der Waals surface area contributed by atoms with Crippen LogP contribution in [-0.2, 0) is 10.0 Å². The molecule has 0 amide bonds. The summed E-state index contributed by atoms with van der Waals surface area (Å²) in [6, 6.07) is 4.82. The third kappa shape index (κ3) is 4.27. The van der Waals surface area contributed by atoms with Crippen molar-refractivity contribution in [2.75, 3.05) is 36.8 Å². The number of hydrogen-bond acceptors (Lipinski definition) is 5. The van der Waals surface area contributed by atoms with Crippen LogP contribution in [0.25, 0.3) is 0 Å². The third-order valence-electron chi connectivity index (χ3n) is 6.51. The Hall–Kier alpha value is -2.04. The first kappa shape index (κ1) is 23.1. The van der Waals surface area contributed by atoms with Crippen LogP contribution < -0.4 is 9.62 Å². The molecule has 1 saturated heterocycles. The second-order valence-corrected chi connectivity index (χ2v) is 10.8. The monoisotopic (exact) mass is 488 g/mol. The molecular weight excluding hydrogens is 465 g/mol. The number of benzene rings is 1. The van der Waals surface area contributed by atoms with Crippen LogP contribution in [0.2, 0.25) is 5.02 Å². The first-order valence-electron chi connectivity index (χ1n) is 10.3. The number of aromatic nitrogens is 1. The molecular formula is C21H24ClF3N4O2S. The Labute approximate surface area is 190 Å². The quantitative estimate of drug-likeness (QED) is 0.503. The van der Waals surface area contributed by atoms with Gasteiger partial charge in [-0.1, -0.05) is 17.7 Å². The summed E-state index contributed by atoms with van der Waals surface area (Å²) in [4.78, 5) is 6.16. The second-order valence-electron chi connectivity index (χ2n) is 8.82. The fourth-order valence-corrected chi connectivity index (χ4v) is 6.29. The highest BCUT2D eigenvalue weighted by Gasteiger charge is 2.45. The van der Waals surface area contributed by atoms with Crippen molar-refractivity contribution in [1.29, 1.82) is 0 Å². The van der Waals surface area contributed by atoms with Gasteiger partial charge in [-0.3, -0.25) is 4.72 Å². The molecule has 2 atom stereocenters. The average Bonchev–Trinajstić information content (AvgIpc) is 3.31. The summed E-state index contributed by atoms with van der Waals surface area (Å²) in [5.41, 5.74) is 0.190. The molecule has 1 N–H and O–H groups in total. The molecule has 1 saturated carbocycles. The van der Waals surface area contributed by atoms with Gasteiger partial charge in [-0.2, -0.15) is 4.39 Å². The molecule has 174 valence electrons. The molecule has 11 heteroatoms. The largest absolute Gasteiger partial charge is 0.370 e. The summed E-state index contributed by atoms with van der Waals surface area (Å²) in [6.07, 6.45) is 3.96. The molecule has 2 heterocycles. The summed E-state index contributed by atoms with van der Waals surface area (Å²) in [6.45, 7) is 1.18. The molecule has 1 aromatic heterocycles. The zero-order chi connectivity index (χ0) is 23.3. The molecule has 1 spiro atoms. The lowest BCUT2D eigenvalue weighted by molar-refractivity contribution is 0.259. The molecule has 1 aromatic carbocycles. The average molecular weight is 489 g/mol. The standard InChI is InChI=1S/C21H24ClF3N4O2S/c1-28(2)13-6-7-21(11-13)8-9-29(12-21)15-10-14(23)20(19(25)18(15)22)32(30,31)27-17-5-3-4-16(24)26-17/h3-5,10,13H,6-9,11-12H2,1-2H3,(H,26,27)/t13-,21-/m1/s1. The molecule has 0 bridgehead atoms. The predicted octanol–water partition coefficient (Wildman–Crippen LogP) is 4.26. The van der Waals surface area contributed by atoms with Crippen LogP contribution in [0.15, 0.2) is 29.2 Å². The zero-order valence-corrected chi connectivity index (χ0v) is 19.3. The van der Waals surface area contributed by atoms with Crippen molar-refractivity contribution in [3.8, 4) is 0 Å². The number of pyridine rings is 1. The molecule has 2 aliphatic rings. The first-order chi connectivity index (χ1) is 15.0. The van der Waals surface area contributed by atoms with Crippen LogP contribution in [0.3, 0.4) is 0 Å². The van der Waals surface area contributed by atoms with Gasteiger partial charge in [0.05, 0.1) is 5.69 Å². The summed E-state index contributed by atoms with van der Waals surface area (Å²) in [5.74, 6) is -4.00. The molecule has 2 fully saturated rings. The van der Waals surface area contributed by atoms with Crippen LogP contribution in [0, 0.1) is 23.0 Å². The van der Waals surface area contributed by atoms with Crippen LogP contribution in [0.1, 0.15) is 25.7 Å². The molecule has 0 unspecified atom stereocenters. The molecule has 1 aliphatic carbocycles. The fraction of sp³-hybridized carbons (Fsp3) is 0.476. The van der Waals surface area contributed by atoms with Crippen molar-refractivity contribution < 1.29 is 21.6 Å². The lowest BCUT2D eigenvalue weighted by Crippen LogP contribution is -2.30. The van der Waals surface area contributed by atoms with Crippen LogP contribution in [-0.4, -0.2) is 51.5 Å². The topological polar surface area (TPSA) is 65.5 Å². The van der Waals surface area contributed by atoms with Crippen molar-refractivity contribution in [2.45, 2.75) is 36.6 Å². The SMILES string of the molecule is CN(C)[C@@H]1CC[C@@]2(CCN(c3cc(F)c(S(=O)(=O)Nc4cccc(F)n4)c(F)c3Cl)C2)C1. The Balaban J connectivity index is 1.61. The van der Waals surface area contributed by atoms with E-state index in [2.05, 4.69) is 9.88 Å². The molecule has 2 aromatic rings. The van der Waals surface area contributed by atoms with Gasteiger partial charge in [0.25, 0.3) is 10.0 Å². The Kier molecular flexibility index (Phi) is 6.06. The van der Waals surface area contributed by atoms with E-state index in [0.717, 1.165) is 37.8 Å². The molecule has 4 rings (SSSR count). The van der Waals surface area contributed by atoms with Crippen molar-refractivity contribution in [2.24, 2.45) is 5.41 Å². The van der Waals surface area contributed by atoms with E-state index in [-0.39, 0.29) is 11.1 Å². The number of sulfonamides is 1. The minimum Gasteiger partial charge on any atom is -0.370 e. The highest BCUT2D eigenvalue weighted by molar-refractivity contribution is 7.92. The molecule has 1 aliphatic heterocycles. The van der Waals surface area contributed by atoms with Crippen LogP contribution >= 0.6 is 11.6 Å². The van der Waals surface area contributed by atoms with Gasteiger partial charge in [-0.05, 0) is 57.3 Å². The van der Waals surface area contributed by atoms with Gasteiger partial charge in [-0.15, -0.1) is 0 Å². The van der Waals surface area contributed by atoms with E-state index in [1.54, 1.807) is 0 Å². The maximum Gasteiger partial charge on any atom is 0.268 e. The molecule has 6 nitrogen and oxygen atoms in total. The van der Waals surface area contributed by atoms with E-state index in [1.165, 1.54) is 12.1 Å². The smallest absolute Gasteiger partial charge is 0.268 e. The summed E-state index contributed by atoms with van der Waals surface area (Å²) < 4.78 is 70.4. The lowest BCUT2D eigenvalue weighted by atomic mass is 9.85. The van der Waals surface area contributed by atoms with Crippen molar-refractivity contribution in [1.82, 2.24) is 9.88 Å². The second kappa shape index (κ2) is 8.39. The predicted molar refractivity (Wildman–Crippen MR) is 117 cm³/mol. The van der Waals surface area contributed by atoms with E-state index < -0.39 is 43.3 Å². The minimum absolute atomic E-state index is 0.0561. The van der Waals surface area contributed by atoms with Gasteiger partial charge in [-0.25, -0.2) is 22.2 Å². The Morgan fingerprint density at radius 2 is 2.00 bits per heavy atom. The van der Waals surface area contributed by atoms with E-state index in [1.807, 2.05) is 23.7 Å². The summed E-state index contributed by atoms with van der Waals surface area (Å²) >= 11 is 6.20. The highest BCUT2D eigenvalue weighted by atomic mass is 35.5. The number of rotatable bonds is 5. The highest BCUT2D eigenvalue weighted by Crippen LogP contribution is 2.49. The normalized spacial score (nSPS) is 23.5. The van der Waals surface area contributed by atoms with Crippen LogP contribution in [0.4, 0.5) is 24.7 Å². The van der Waals surface area contributed by atoms with Crippen molar-refractivity contribution in [3.05, 3.63) is 46.9 Å². The van der Waals surface area contributed by atoms with E-state index >= 15 is 4.39 Å². The molecule has 32 heavy (non-hydrogen) atoms. The van der Waals surface area contributed by atoms with Crippen molar-refractivity contribution in [3.63, 3.8) is 0 Å². The van der Waals surface area contributed by atoms with Gasteiger partial charge in [0.1, 0.15) is 16.7 Å². The minimum atomic E-state index is -4.73. The Morgan fingerprint density at radius 3 is 2.66 bits per heavy atom. The van der Waals surface area contributed by atoms with Crippen molar-refractivity contribution >= 4 is 33.1 Å². The van der Waals surface area contributed by atoms with Gasteiger partial charge < -0.3 is 9.80 Å². The first-order valence-corrected chi connectivity index (χ1v) is 12.1. The third-order valence-corrected chi connectivity index (χ3v) is 8.25. The maximum absolute atomic E-state index is 15.1. The number of anilines is 2. The summed E-state index contributed by atoms with van der Waals surface area (Å²) in [7, 11) is -0.638.